The van der Waals surface area contributed by atoms with Crippen molar-refractivity contribution >= 4 is 33.8 Å². The van der Waals surface area contributed by atoms with Crippen LogP contribution in [0.4, 0.5) is 14.5 Å². The number of isothiocyanates is 1. The molecule has 1 aliphatic carbocycles. The van der Waals surface area contributed by atoms with E-state index in [1.54, 1.807) is 12.1 Å². The molecule has 2 aromatic rings. The molecule has 0 N–H and O–H groups in total. The molecule has 1 fully saturated rings. The van der Waals surface area contributed by atoms with Gasteiger partial charge >= 0.3 is 0 Å². The van der Waals surface area contributed by atoms with E-state index in [9.17, 15) is 8.78 Å². The van der Waals surface area contributed by atoms with E-state index >= 15 is 0 Å². The number of benzene rings is 2. The van der Waals surface area contributed by atoms with Gasteiger partial charge in [-0.1, -0.05) is 30.3 Å². The van der Waals surface area contributed by atoms with Crippen molar-refractivity contribution in [3.8, 4) is 0 Å². The summed E-state index contributed by atoms with van der Waals surface area (Å²) in [6.45, 7) is 0. The second kappa shape index (κ2) is 3.94. The number of hydrogen-bond donors (Lipinski definition) is 0. The topological polar surface area (TPSA) is 12.4 Å². The lowest BCUT2D eigenvalue weighted by atomic mass is 9.99. The van der Waals surface area contributed by atoms with Crippen molar-refractivity contribution in [2.45, 2.75) is 18.3 Å². The summed E-state index contributed by atoms with van der Waals surface area (Å²) in [5.41, 5.74) is 1.37. The fourth-order valence-electron chi connectivity index (χ4n) is 2.31. The molecule has 2 aromatic carbocycles. The molecule has 90 valence electrons. The number of aliphatic imine (C=N–C) groups is 1. The van der Waals surface area contributed by atoms with E-state index in [-0.39, 0.29) is 6.42 Å². The van der Waals surface area contributed by atoms with Crippen LogP contribution in [-0.4, -0.2) is 11.1 Å². The van der Waals surface area contributed by atoms with Crippen LogP contribution < -0.4 is 0 Å². The average Bonchev–Trinajstić information content (AvgIpc) is 2.99. The Kier molecular flexibility index (Phi) is 2.51. The molecule has 3 rings (SSSR count). The molecule has 1 aliphatic rings. The van der Waals surface area contributed by atoms with Gasteiger partial charge in [-0.2, -0.15) is 4.99 Å². The number of fused-ring (bicyclic) bond motifs is 1. The SMILES string of the molecule is FC1(F)CC1c1ccc(N=C=S)c2ccccc12. The first-order valence-electron chi connectivity index (χ1n) is 5.61. The van der Waals surface area contributed by atoms with Crippen LogP contribution in [0, 0.1) is 0 Å². The van der Waals surface area contributed by atoms with Crippen LogP contribution in [0.2, 0.25) is 0 Å². The Hall–Kier alpha value is -1.64. The molecule has 1 nitrogen and oxygen atoms in total. The zero-order chi connectivity index (χ0) is 12.8. The number of rotatable bonds is 2. The maximum atomic E-state index is 13.2. The van der Waals surface area contributed by atoms with Gasteiger partial charge in [0.25, 0.3) is 5.92 Å². The predicted octanol–water partition coefficient (Wildman–Crippen LogP) is 4.70. The van der Waals surface area contributed by atoms with E-state index < -0.39 is 11.8 Å². The molecule has 18 heavy (non-hydrogen) atoms. The van der Waals surface area contributed by atoms with Gasteiger partial charge in [0.05, 0.1) is 16.8 Å². The molecule has 0 spiro atoms. The van der Waals surface area contributed by atoms with Gasteiger partial charge in [-0.15, -0.1) is 0 Å². The largest absolute Gasteiger partial charge is 0.255 e. The Bertz CT molecular complexity index is 675. The minimum Gasteiger partial charge on any atom is -0.206 e. The lowest BCUT2D eigenvalue weighted by Crippen LogP contribution is -1.93. The van der Waals surface area contributed by atoms with Crippen LogP contribution in [0.5, 0.6) is 0 Å². The average molecular weight is 261 g/mol. The summed E-state index contributed by atoms with van der Waals surface area (Å²) in [4.78, 5) is 3.97. The minimum absolute atomic E-state index is 0.0627. The maximum absolute atomic E-state index is 13.2. The zero-order valence-corrected chi connectivity index (χ0v) is 10.2. The number of hydrogen-bond acceptors (Lipinski definition) is 2. The molecule has 4 heteroatoms. The first kappa shape index (κ1) is 11.5. The molecule has 0 bridgehead atoms. The van der Waals surface area contributed by atoms with E-state index in [4.69, 9.17) is 0 Å². The van der Waals surface area contributed by atoms with Crippen LogP contribution in [-0.2, 0) is 0 Å². The highest BCUT2D eigenvalue weighted by atomic mass is 32.1. The van der Waals surface area contributed by atoms with Crippen molar-refractivity contribution in [2.24, 2.45) is 4.99 Å². The third-order valence-electron chi connectivity index (χ3n) is 3.30. The van der Waals surface area contributed by atoms with E-state index in [1.807, 2.05) is 24.3 Å². The summed E-state index contributed by atoms with van der Waals surface area (Å²) in [5.74, 6) is -3.22. The summed E-state index contributed by atoms with van der Waals surface area (Å²) >= 11 is 4.59. The van der Waals surface area contributed by atoms with E-state index in [0.717, 1.165) is 10.8 Å². The fourth-order valence-corrected chi connectivity index (χ4v) is 2.41. The maximum Gasteiger partial charge on any atom is 0.255 e. The third-order valence-corrected chi connectivity index (χ3v) is 3.39. The molecule has 1 unspecified atom stereocenters. The van der Waals surface area contributed by atoms with E-state index in [0.29, 0.717) is 11.3 Å². The van der Waals surface area contributed by atoms with Gasteiger partial charge in [0.1, 0.15) is 0 Å². The van der Waals surface area contributed by atoms with Crippen molar-refractivity contribution in [3.63, 3.8) is 0 Å². The van der Waals surface area contributed by atoms with Gasteiger partial charge in [-0.3, -0.25) is 0 Å². The first-order chi connectivity index (χ1) is 8.63. The van der Waals surface area contributed by atoms with Crippen molar-refractivity contribution in [3.05, 3.63) is 42.0 Å². The van der Waals surface area contributed by atoms with Gasteiger partial charge in [0, 0.05) is 11.8 Å². The highest BCUT2D eigenvalue weighted by molar-refractivity contribution is 7.78. The molecular weight excluding hydrogens is 252 g/mol. The van der Waals surface area contributed by atoms with Crippen LogP contribution in [0.3, 0.4) is 0 Å². The molecule has 1 saturated carbocycles. The second-order valence-electron chi connectivity index (χ2n) is 4.44. The number of halogens is 2. The molecule has 0 aromatic heterocycles. The van der Waals surface area contributed by atoms with E-state index in [2.05, 4.69) is 22.4 Å². The lowest BCUT2D eigenvalue weighted by molar-refractivity contribution is 0.112. The molecule has 0 aliphatic heterocycles. The highest BCUT2D eigenvalue weighted by Gasteiger charge is 2.57. The standard InChI is InChI=1S/C14H9F2NS/c15-14(16)7-12(14)10-5-6-13(17-8-18)11-4-2-1-3-9(10)11/h1-6,12H,7H2. The molecular formula is C14H9F2NS. The normalized spacial score (nSPS) is 20.4. The molecule has 0 radical (unpaired) electrons. The lowest BCUT2D eigenvalue weighted by Gasteiger charge is -2.07. The van der Waals surface area contributed by atoms with Crippen molar-refractivity contribution in [1.82, 2.24) is 0 Å². The first-order valence-corrected chi connectivity index (χ1v) is 6.01. The Morgan fingerprint density at radius 1 is 1.17 bits per heavy atom. The summed E-state index contributed by atoms with van der Waals surface area (Å²) in [6.07, 6.45) is -0.0627. The minimum atomic E-state index is -2.56. The smallest absolute Gasteiger partial charge is 0.206 e. The second-order valence-corrected chi connectivity index (χ2v) is 4.62. The van der Waals surface area contributed by atoms with Gasteiger partial charge in [0.15, 0.2) is 0 Å². The van der Waals surface area contributed by atoms with Crippen LogP contribution >= 0.6 is 12.2 Å². The predicted molar refractivity (Wildman–Crippen MR) is 70.9 cm³/mol. The number of thiocarbonyl (C=S) groups is 1. The third kappa shape index (κ3) is 1.74. The number of alkyl halides is 2. The summed E-state index contributed by atoms with van der Waals surface area (Å²) in [7, 11) is 0. The Labute approximate surface area is 108 Å². The van der Waals surface area contributed by atoms with Crippen LogP contribution in [0.15, 0.2) is 41.4 Å². The van der Waals surface area contributed by atoms with Crippen molar-refractivity contribution in [1.29, 1.82) is 0 Å². The monoisotopic (exact) mass is 261 g/mol. The van der Waals surface area contributed by atoms with Crippen LogP contribution in [0.1, 0.15) is 17.9 Å². The van der Waals surface area contributed by atoms with Gasteiger partial charge in [-0.05, 0) is 29.2 Å². The Balaban J connectivity index is 2.24. The Morgan fingerprint density at radius 2 is 1.83 bits per heavy atom. The van der Waals surface area contributed by atoms with Gasteiger partial charge < -0.3 is 0 Å². The molecule has 0 saturated heterocycles. The highest BCUT2D eigenvalue weighted by Crippen LogP contribution is 2.57. The molecule has 0 heterocycles. The Morgan fingerprint density at radius 3 is 2.44 bits per heavy atom. The summed E-state index contributed by atoms with van der Waals surface area (Å²) in [5, 5.41) is 3.98. The van der Waals surface area contributed by atoms with Crippen molar-refractivity contribution < 1.29 is 8.78 Å². The fraction of sp³-hybridized carbons (Fsp3) is 0.214. The summed E-state index contributed by atoms with van der Waals surface area (Å²) < 4.78 is 26.4. The van der Waals surface area contributed by atoms with Crippen LogP contribution in [0.25, 0.3) is 10.8 Å². The quantitative estimate of drug-likeness (QED) is 0.564. The van der Waals surface area contributed by atoms with Gasteiger partial charge in [-0.25, -0.2) is 8.78 Å². The molecule has 1 atom stereocenters. The summed E-state index contributed by atoms with van der Waals surface area (Å²) in [6, 6.07) is 10.9. The number of nitrogens with zero attached hydrogens (tertiary/aromatic N) is 1. The van der Waals surface area contributed by atoms with Crippen molar-refractivity contribution in [2.75, 3.05) is 0 Å². The van der Waals surface area contributed by atoms with E-state index in [1.165, 1.54) is 0 Å². The molecule has 0 amide bonds. The zero-order valence-electron chi connectivity index (χ0n) is 9.36. The van der Waals surface area contributed by atoms with Gasteiger partial charge in [0.2, 0.25) is 0 Å².